The number of hydrogen-bond acceptors (Lipinski definition) is 4. The summed E-state index contributed by atoms with van der Waals surface area (Å²) in [6.07, 6.45) is 0.314. The van der Waals surface area contributed by atoms with Crippen molar-refractivity contribution in [2.45, 2.75) is 13.3 Å². The van der Waals surface area contributed by atoms with Crippen LogP contribution in [0.2, 0.25) is 0 Å². The Morgan fingerprint density at radius 1 is 1.35 bits per heavy atom. The molecule has 0 saturated heterocycles. The smallest absolute Gasteiger partial charge is 0.354 e. The Labute approximate surface area is 136 Å². The molecule has 0 saturated carbocycles. The van der Waals surface area contributed by atoms with Crippen LogP contribution < -0.4 is 0 Å². The Hall–Kier alpha value is -2.60. The molecule has 0 unspecified atom stereocenters. The molecule has 6 heteroatoms. The number of aromatic carboxylic acids is 1. The fourth-order valence-corrected chi connectivity index (χ4v) is 3.24. The molecule has 4 nitrogen and oxygen atoms in total. The first-order chi connectivity index (χ1) is 10.9. The zero-order valence-electron chi connectivity index (χ0n) is 12.3. The summed E-state index contributed by atoms with van der Waals surface area (Å²) in [5, 5.41) is 9.78. The van der Waals surface area contributed by atoms with Crippen LogP contribution >= 0.6 is 11.3 Å². The molecular weight excluding hydrogens is 315 g/mol. The Balaban J connectivity index is 2.07. The van der Waals surface area contributed by atoms with Crippen LogP contribution in [-0.2, 0) is 6.42 Å². The summed E-state index contributed by atoms with van der Waals surface area (Å²) < 4.78 is 14.6. The number of benzene rings is 1. The second kappa shape index (κ2) is 5.89. The summed E-state index contributed by atoms with van der Waals surface area (Å²) in [6, 6.07) is 7.64. The number of allylic oxidation sites excluding steroid dienone is 1. The SMILES string of the molecule is C=C(C)c1nc2c(Cc3cccc(C(=O)O)n3)cc(F)cc2s1. The molecule has 3 aromatic rings. The van der Waals surface area contributed by atoms with Gasteiger partial charge in [-0.25, -0.2) is 19.2 Å². The van der Waals surface area contributed by atoms with E-state index in [2.05, 4.69) is 16.5 Å². The number of thiazole rings is 1. The van der Waals surface area contributed by atoms with Gasteiger partial charge in [0.2, 0.25) is 0 Å². The third-order valence-electron chi connectivity index (χ3n) is 3.30. The normalized spacial score (nSPS) is 10.9. The van der Waals surface area contributed by atoms with Crippen molar-refractivity contribution in [3.8, 4) is 0 Å². The van der Waals surface area contributed by atoms with E-state index in [1.54, 1.807) is 12.1 Å². The lowest BCUT2D eigenvalue weighted by Crippen LogP contribution is -2.03. The van der Waals surface area contributed by atoms with E-state index in [4.69, 9.17) is 5.11 Å². The maximum atomic E-state index is 13.9. The number of pyridine rings is 1. The van der Waals surface area contributed by atoms with Gasteiger partial charge >= 0.3 is 5.97 Å². The highest BCUT2D eigenvalue weighted by atomic mass is 32.1. The van der Waals surface area contributed by atoms with E-state index in [0.717, 1.165) is 15.3 Å². The monoisotopic (exact) mass is 328 g/mol. The average molecular weight is 328 g/mol. The highest BCUT2D eigenvalue weighted by molar-refractivity contribution is 7.19. The molecule has 116 valence electrons. The standard InChI is InChI=1S/C17H13FN2O2S/c1-9(2)16-20-15-10(6-11(18)8-14(15)23-16)7-12-4-3-5-13(19-12)17(21)22/h3-6,8H,1,7H2,2H3,(H,21,22). The summed E-state index contributed by atoms with van der Waals surface area (Å²) in [6.45, 7) is 5.72. The van der Waals surface area contributed by atoms with Gasteiger partial charge in [-0.1, -0.05) is 12.6 Å². The lowest BCUT2D eigenvalue weighted by atomic mass is 10.1. The molecule has 0 spiro atoms. The van der Waals surface area contributed by atoms with Crippen molar-refractivity contribution < 1.29 is 14.3 Å². The topological polar surface area (TPSA) is 63.1 Å². The lowest BCUT2D eigenvalue weighted by molar-refractivity contribution is 0.0690. The molecule has 0 amide bonds. The molecule has 1 N–H and O–H groups in total. The number of nitrogens with zero attached hydrogens (tertiary/aromatic N) is 2. The maximum absolute atomic E-state index is 13.9. The Bertz CT molecular complexity index is 933. The van der Waals surface area contributed by atoms with Gasteiger partial charge in [0.1, 0.15) is 16.5 Å². The van der Waals surface area contributed by atoms with Gasteiger partial charge in [-0.15, -0.1) is 11.3 Å². The van der Waals surface area contributed by atoms with E-state index < -0.39 is 5.97 Å². The minimum absolute atomic E-state index is 0.0314. The van der Waals surface area contributed by atoms with Crippen LogP contribution in [0.15, 0.2) is 36.9 Å². The van der Waals surface area contributed by atoms with Gasteiger partial charge in [0, 0.05) is 12.1 Å². The van der Waals surface area contributed by atoms with Crippen LogP contribution in [-0.4, -0.2) is 21.0 Å². The molecule has 0 radical (unpaired) electrons. The predicted molar refractivity (Wildman–Crippen MR) is 88.3 cm³/mol. The second-order valence-corrected chi connectivity index (χ2v) is 6.24. The molecule has 3 rings (SSSR count). The number of hydrogen-bond donors (Lipinski definition) is 1. The molecule has 2 heterocycles. The van der Waals surface area contributed by atoms with E-state index in [1.807, 2.05) is 6.92 Å². The lowest BCUT2D eigenvalue weighted by Gasteiger charge is -2.04. The molecule has 2 aromatic heterocycles. The van der Waals surface area contributed by atoms with Gasteiger partial charge in [-0.3, -0.25) is 0 Å². The van der Waals surface area contributed by atoms with E-state index in [0.29, 0.717) is 23.2 Å². The first-order valence-corrected chi connectivity index (χ1v) is 7.70. The Morgan fingerprint density at radius 2 is 2.13 bits per heavy atom. The molecule has 0 bridgehead atoms. The number of halogens is 1. The van der Waals surface area contributed by atoms with Crippen LogP contribution in [0.1, 0.15) is 33.7 Å². The summed E-state index contributed by atoms with van der Waals surface area (Å²) in [5.74, 6) is -1.44. The first-order valence-electron chi connectivity index (χ1n) is 6.88. The van der Waals surface area contributed by atoms with Crippen LogP contribution in [0.25, 0.3) is 15.8 Å². The van der Waals surface area contributed by atoms with Crippen molar-refractivity contribution >= 4 is 33.1 Å². The molecule has 0 aliphatic heterocycles. The van der Waals surface area contributed by atoms with Gasteiger partial charge in [0.15, 0.2) is 0 Å². The first kappa shape index (κ1) is 15.3. The Kier molecular flexibility index (Phi) is 3.92. The summed E-state index contributed by atoms with van der Waals surface area (Å²) in [4.78, 5) is 19.6. The predicted octanol–water partition coefficient (Wildman–Crippen LogP) is 4.15. The van der Waals surface area contributed by atoms with Gasteiger partial charge in [0.25, 0.3) is 0 Å². The average Bonchev–Trinajstić information content (AvgIpc) is 2.91. The minimum Gasteiger partial charge on any atom is -0.477 e. The van der Waals surface area contributed by atoms with Crippen molar-refractivity contribution in [1.82, 2.24) is 9.97 Å². The zero-order valence-corrected chi connectivity index (χ0v) is 13.2. The molecule has 0 aliphatic carbocycles. The van der Waals surface area contributed by atoms with E-state index in [1.165, 1.54) is 29.5 Å². The summed E-state index contributed by atoms with van der Waals surface area (Å²) in [5.41, 5.74) is 2.73. The summed E-state index contributed by atoms with van der Waals surface area (Å²) in [7, 11) is 0. The van der Waals surface area contributed by atoms with Gasteiger partial charge in [-0.05, 0) is 42.3 Å². The molecule has 0 aliphatic rings. The van der Waals surface area contributed by atoms with Crippen LogP contribution in [0.5, 0.6) is 0 Å². The maximum Gasteiger partial charge on any atom is 0.354 e. The zero-order chi connectivity index (χ0) is 16.6. The van der Waals surface area contributed by atoms with E-state index in [-0.39, 0.29) is 11.5 Å². The largest absolute Gasteiger partial charge is 0.477 e. The highest BCUT2D eigenvalue weighted by Gasteiger charge is 2.13. The molecule has 1 aromatic carbocycles. The number of rotatable bonds is 4. The van der Waals surface area contributed by atoms with Crippen molar-refractivity contribution in [2.24, 2.45) is 0 Å². The third kappa shape index (κ3) is 3.12. The van der Waals surface area contributed by atoms with Crippen molar-refractivity contribution in [3.05, 3.63) is 64.7 Å². The summed E-state index contributed by atoms with van der Waals surface area (Å²) >= 11 is 1.39. The molecule has 0 fully saturated rings. The fourth-order valence-electron chi connectivity index (χ4n) is 2.27. The van der Waals surface area contributed by atoms with Gasteiger partial charge in [-0.2, -0.15) is 0 Å². The number of carbonyl (C=O) groups is 1. The fraction of sp³-hybridized carbons (Fsp3) is 0.118. The number of fused-ring (bicyclic) bond motifs is 1. The van der Waals surface area contributed by atoms with Crippen LogP contribution in [0.4, 0.5) is 4.39 Å². The van der Waals surface area contributed by atoms with Gasteiger partial charge in [0.05, 0.1) is 10.2 Å². The molecular formula is C17H13FN2O2S. The van der Waals surface area contributed by atoms with Gasteiger partial charge < -0.3 is 5.11 Å². The highest BCUT2D eigenvalue weighted by Crippen LogP contribution is 2.30. The second-order valence-electron chi connectivity index (χ2n) is 5.21. The van der Waals surface area contributed by atoms with E-state index in [9.17, 15) is 9.18 Å². The quantitative estimate of drug-likeness (QED) is 0.781. The number of carboxylic acids is 1. The van der Waals surface area contributed by atoms with Crippen molar-refractivity contribution in [1.29, 1.82) is 0 Å². The third-order valence-corrected chi connectivity index (χ3v) is 4.47. The number of aromatic nitrogens is 2. The van der Waals surface area contributed by atoms with Crippen molar-refractivity contribution in [3.63, 3.8) is 0 Å². The molecule has 0 atom stereocenters. The van der Waals surface area contributed by atoms with Crippen LogP contribution in [0, 0.1) is 5.82 Å². The minimum atomic E-state index is -1.09. The van der Waals surface area contributed by atoms with Crippen LogP contribution in [0.3, 0.4) is 0 Å². The van der Waals surface area contributed by atoms with Crippen molar-refractivity contribution in [2.75, 3.05) is 0 Å². The molecule has 23 heavy (non-hydrogen) atoms. The van der Waals surface area contributed by atoms with E-state index >= 15 is 0 Å². The number of carboxylic acid groups (broad SMARTS) is 1. The Morgan fingerprint density at radius 3 is 2.83 bits per heavy atom.